The first-order valence-corrected chi connectivity index (χ1v) is 9.32. The Morgan fingerprint density at radius 3 is 2.95 bits per heavy atom. The van der Waals surface area contributed by atoms with E-state index in [-0.39, 0.29) is 17.2 Å². The highest BCUT2D eigenvalue weighted by molar-refractivity contribution is 7.91. The van der Waals surface area contributed by atoms with E-state index in [1.165, 1.54) is 6.26 Å². The standard InChI is InChI=1S/C15H19N3O3S/c1-22(20,21)12-6-3-5-11(8-12)17-15(19)13-7-2-4-10-9-16-18-14(10)13/h2,4,7,9,11-12H,3,5-6,8H2,1H3,(H,16,18)(H,17,19)/t11-,12+/m1/s1. The van der Waals surface area contributed by atoms with Crippen LogP contribution >= 0.6 is 0 Å². The number of H-pyrrole nitrogens is 1. The van der Waals surface area contributed by atoms with Crippen LogP contribution in [0, 0.1) is 0 Å². The van der Waals surface area contributed by atoms with Gasteiger partial charge in [-0.2, -0.15) is 5.10 Å². The van der Waals surface area contributed by atoms with Gasteiger partial charge in [0.1, 0.15) is 9.84 Å². The van der Waals surface area contributed by atoms with Crippen LogP contribution in [0.25, 0.3) is 10.9 Å². The van der Waals surface area contributed by atoms with Gasteiger partial charge < -0.3 is 5.32 Å². The second kappa shape index (κ2) is 5.72. The third-order valence-corrected chi connectivity index (χ3v) is 5.93. The minimum absolute atomic E-state index is 0.0980. The number of para-hydroxylation sites is 1. The van der Waals surface area contributed by atoms with E-state index in [2.05, 4.69) is 15.5 Å². The number of amides is 1. The second-order valence-electron chi connectivity index (χ2n) is 5.93. The van der Waals surface area contributed by atoms with Crippen molar-refractivity contribution in [1.29, 1.82) is 0 Å². The van der Waals surface area contributed by atoms with Crippen LogP contribution in [0.1, 0.15) is 36.0 Å². The van der Waals surface area contributed by atoms with Gasteiger partial charge in [-0.15, -0.1) is 0 Å². The lowest BCUT2D eigenvalue weighted by atomic mass is 9.94. The van der Waals surface area contributed by atoms with Gasteiger partial charge in [0.2, 0.25) is 0 Å². The molecule has 1 aliphatic rings. The lowest BCUT2D eigenvalue weighted by molar-refractivity contribution is 0.0929. The second-order valence-corrected chi connectivity index (χ2v) is 8.25. The molecule has 0 unspecified atom stereocenters. The van der Waals surface area contributed by atoms with Crippen LogP contribution in [0.15, 0.2) is 24.4 Å². The van der Waals surface area contributed by atoms with E-state index in [0.29, 0.717) is 23.9 Å². The van der Waals surface area contributed by atoms with Crippen LogP contribution in [0.2, 0.25) is 0 Å². The number of carbonyl (C=O) groups is 1. The lowest BCUT2D eigenvalue weighted by Gasteiger charge is -2.28. The summed E-state index contributed by atoms with van der Waals surface area (Å²) in [5.74, 6) is -0.186. The zero-order valence-corrected chi connectivity index (χ0v) is 13.2. The molecule has 2 aromatic rings. The first-order chi connectivity index (χ1) is 10.4. The molecule has 118 valence electrons. The van der Waals surface area contributed by atoms with Crippen molar-refractivity contribution < 1.29 is 13.2 Å². The van der Waals surface area contributed by atoms with Gasteiger partial charge in [0.05, 0.1) is 22.5 Å². The average Bonchev–Trinajstić information content (AvgIpc) is 2.94. The third kappa shape index (κ3) is 2.99. The molecule has 0 aliphatic heterocycles. The van der Waals surface area contributed by atoms with E-state index < -0.39 is 9.84 Å². The number of aromatic amines is 1. The first kappa shape index (κ1) is 15.0. The van der Waals surface area contributed by atoms with E-state index >= 15 is 0 Å². The van der Waals surface area contributed by atoms with Gasteiger partial charge in [0.15, 0.2) is 0 Å². The van der Waals surface area contributed by atoms with E-state index in [1.807, 2.05) is 12.1 Å². The molecule has 2 atom stereocenters. The van der Waals surface area contributed by atoms with Crippen molar-refractivity contribution in [1.82, 2.24) is 15.5 Å². The van der Waals surface area contributed by atoms with E-state index in [9.17, 15) is 13.2 Å². The largest absolute Gasteiger partial charge is 0.349 e. The average molecular weight is 321 g/mol. The number of aromatic nitrogens is 2. The molecule has 1 aromatic carbocycles. The number of nitrogens with zero attached hydrogens (tertiary/aromatic N) is 1. The van der Waals surface area contributed by atoms with E-state index in [0.717, 1.165) is 18.2 Å². The summed E-state index contributed by atoms with van der Waals surface area (Å²) in [6.07, 6.45) is 5.75. The molecular formula is C15H19N3O3S. The Bertz CT molecular complexity index is 797. The third-order valence-electron chi connectivity index (χ3n) is 4.29. The smallest absolute Gasteiger partial charge is 0.253 e. The van der Waals surface area contributed by atoms with Crippen molar-refractivity contribution in [3.63, 3.8) is 0 Å². The van der Waals surface area contributed by atoms with Crippen LogP contribution in [0.5, 0.6) is 0 Å². The van der Waals surface area contributed by atoms with Gasteiger partial charge in [-0.05, 0) is 25.3 Å². The van der Waals surface area contributed by atoms with Crippen molar-refractivity contribution >= 4 is 26.6 Å². The Morgan fingerprint density at radius 1 is 1.36 bits per heavy atom. The number of sulfone groups is 1. The van der Waals surface area contributed by atoms with Gasteiger partial charge >= 0.3 is 0 Å². The molecule has 7 heteroatoms. The summed E-state index contributed by atoms with van der Waals surface area (Å²) in [4.78, 5) is 12.5. The summed E-state index contributed by atoms with van der Waals surface area (Å²) in [5, 5.41) is 10.3. The van der Waals surface area contributed by atoms with Crippen molar-refractivity contribution in [3.8, 4) is 0 Å². The molecule has 1 heterocycles. The predicted octanol–water partition coefficient (Wildman–Crippen LogP) is 1.65. The summed E-state index contributed by atoms with van der Waals surface area (Å²) in [7, 11) is -3.05. The highest BCUT2D eigenvalue weighted by Crippen LogP contribution is 2.24. The van der Waals surface area contributed by atoms with Crippen molar-refractivity contribution in [2.24, 2.45) is 0 Å². The number of carbonyl (C=O) groups excluding carboxylic acids is 1. The zero-order chi connectivity index (χ0) is 15.7. The molecule has 1 amide bonds. The van der Waals surface area contributed by atoms with Crippen molar-refractivity contribution in [2.45, 2.75) is 37.0 Å². The molecular weight excluding hydrogens is 302 g/mol. The van der Waals surface area contributed by atoms with Gasteiger partial charge in [-0.1, -0.05) is 18.6 Å². The van der Waals surface area contributed by atoms with Gasteiger partial charge in [0, 0.05) is 17.7 Å². The lowest BCUT2D eigenvalue weighted by Crippen LogP contribution is -2.41. The van der Waals surface area contributed by atoms with E-state index in [4.69, 9.17) is 0 Å². The Hall–Kier alpha value is -1.89. The Kier molecular flexibility index (Phi) is 3.90. The normalized spacial score (nSPS) is 22.6. The van der Waals surface area contributed by atoms with Crippen LogP contribution in [-0.2, 0) is 9.84 Å². The fourth-order valence-corrected chi connectivity index (χ4v) is 4.26. The number of rotatable bonds is 3. The summed E-state index contributed by atoms with van der Waals surface area (Å²) in [5.41, 5.74) is 1.24. The Balaban J connectivity index is 1.75. The van der Waals surface area contributed by atoms with Crippen molar-refractivity contribution in [2.75, 3.05) is 6.26 Å². The Morgan fingerprint density at radius 2 is 2.18 bits per heavy atom. The monoisotopic (exact) mass is 321 g/mol. The van der Waals surface area contributed by atoms with Gasteiger partial charge in [-0.25, -0.2) is 8.42 Å². The number of hydrogen-bond donors (Lipinski definition) is 2. The maximum atomic E-state index is 12.5. The molecule has 1 aromatic heterocycles. The van der Waals surface area contributed by atoms with Crippen LogP contribution in [-0.4, -0.2) is 42.1 Å². The molecule has 1 fully saturated rings. The topological polar surface area (TPSA) is 91.9 Å². The highest BCUT2D eigenvalue weighted by atomic mass is 32.2. The molecule has 0 radical (unpaired) electrons. The van der Waals surface area contributed by atoms with Crippen molar-refractivity contribution in [3.05, 3.63) is 30.0 Å². The summed E-state index contributed by atoms with van der Waals surface area (Å²) >= 11 is 0. The minimum atomic E-state index is -3.05. The molecule has 2 N–H and O–H groups in total. The maximum Gasteiger partial charge on any atom is 0.253 e. The highest BCUT2D eigenvalue weighted by Gasteiger charge is 2.30. The number of benzene rings is 1. The molecule has 6 nitrogen and oxygen atoms in total. The number of fused-ring (bicyclic) bond motifs is 1. The molecule has 1 aliphatic carbocycles. The van der Waals surface area contributed by atoms with E-state index in [1.54, 1.807) is 12.3 Å². The van der Waals surface area contributed by atoms with Gasteiger partial charge in [-0.3, -0.25) is 9.89 Å². The molecule has 3 rings (SSSR count). The molecule has 0 spiro atoms. The first-order valence-electron chi connectivity index (χ1n) is 7.37. The molecule has 22 heavy (non-hydrogen) atoms. The fraction of sp³-hybridized carbons (Fsp3) is 0.467. The number of nitrogens with one attached hydrogen (secondary N) is 2. The van der Waals surface area contributed by atoms with Gasteiger partial charge in [0.25, 0.3) is 5.91 Å². The Labute approximate surface area is 129 Å². The zero-order valence-electron chi connectivity index (χ0n) is 12.4. The number of hydrogen-bond acceptors (Lipinski definition) is 4. The van der Waals surface area contributed by atoms with Crippen LogP contribution in [0.3, 0.4) is 0 Å². The predicted molar refractivity (Wildman–Crippen MR) is 84.4 cm³/mol. The van der Waals surface area contributed by atoms with Crippen LogP contribution in [0.4, 0.5) is 0 Å². The maximum absolute atomic E-state index is 12.5. The summed E-state index contributed by atoms with van der Waals surface area (Å²) in [6.45, 7) is 0. The molecule has 0 bridgehead atoms. The quantitative estimate of drug-likeness (QED) is 0.899. The van der Waals surface area contributed by atoms with Crippen LogP contribution < -0.4 is 5.32 Å². The molecule has 1 saturated carbocycles. The fourth-order valence-electron chi connectivity index (χ4n) is 3.09. The molecule has 0 saturated heterocycles. The SMILES string of the molecule is CS(=O)(=O)[C@H]1CCC[C@@H](NC(=O)c2cccc3cn[nH]c23)C1. The minimum Gasteiger partial charge on any atom is -0.349 e. The summed E-state index contributed by atoms with van der Waals surface area (Å²) in [6, 6.07) is 5.34. The summed E-state index contributed by atoms with van der Waals surface area (Å²) < 4.78 is 23.4.